The molecule has 0 aromatic heterocycles. The molecule has 1 fully saturated rings. The Morgan fingerprint density at radius 3 is 1.60 bits per heavy atom. The molecule has 0 saturated heterocycles. The zero-order valence-electron chi connectivity index (χ0n) is 32.3. The van der Waals surface area contributed by atoms with Crippen molar-refractivity contribution in [1.29, 1.82) is 0 Å². The lowest BCUT2D eigenvalue weighted by Crippen LogP contribution is -2.36. The van der Waals surface area contributed by atoms with Gasteiger partial charge < -0.3 is 14.6 Å². The highest BCUT2D eigenvalue weighted by molar-refractivity contribution is 5.70. The molecule has 2 unspecified atom stereocenters. The molecule has 1 aliphatic rings. The Hall–Kier alpha value is -1.14. The third-order valence-electron chi connectivity index (χ3n) is 10.6. The van der Waals surface area contributed by atoms with Crippen LogP contribution in [0, 0.1) is 11.8 Å². The predicted molar refractivity (Wildman–Crippen MR) is 202 cm³/mol. The van der Waals surface area contributed by atoms with E-state index in [0.717, 1.165) is 58.0 Å². The summed E-state index contributed by atoms with van der Waals surface area (Å²) in [7, 11) is 0. The van der Waals surface area contributed by atoms with Crippen molar-refractivity contribution in [2.24, 2.45) is 11.8 Å². The molecule has 6 nitrogen and oxygen atoms in total. The van der Waals surface area contributed by atoms with E-state index in [1.54, 1.807) is 0 Å². The standard InChI is InChI=1S/C42H81NO5/c1-4-7-10-13-15-16-18-21-31-41(45)47-36-39(28-24-25-32-43(33-34-44)40-29-22-23-30-40)37-48-42(46)35-38(26-19-12-9-6-3)27-20-17-14-11-8-5-2/h38-40,44H,4-37H2,1-3H3. The van der Waals surface area contributed by atoms with E-state index >= 15 is 0 Å². The Balaban J connectivity index is 2.58. The molecule has 1 N–H and O–H groups in total. The Bertz CT molecular complexity index is 725. The molecule has 0 bridgehead atoms. The van der Waals surface area contributed by atoms with E-state index in [2.05, 4.69) is 25.7 Å². The zero-order valence-corrected chi connectivity index (χ0v) is 32.3. The SMILES string of the molecule is CCCCCCCCCCC(=O)OCC(CCCCN(CCO)C1CCCC1)COC(=O)CC(CCCCCC)CCCCCCCC. The second-order valence-electron chi connectivity index (χ2n) is 15.1. The van der Waals surface area contributed by atoms with Crippen LogP contribution in [0.25, 0.3) is 0 Å². The minimum Gasteiger partial charge on any atom is -0.465 e. The Morgan fingerprint density at radius 2 is 1.04 bits per heavy atom. The molecule has 0 aliphatic heterocycles. The lowest BCUT2D eigenvalue weighted by atomic mass is 9.91. The van der Waals surface area contributed by atoms with Crippen molar-refractivity contribution in [2.75, 3.05) is 32.9 Å². The summed E-state index contributed by atoms with van der Waals surface area (Å²) in [5, 5.41) is 9.61. The molecule has 0 aromatic carbocycles. The second-order valence-corrected chi connectivity index (χ2v) is 15.1. The van der Waals surface area contributed by atoms with Crippen LogP contribution < -0.4 is 0 Å². The maximum absolute atomic E-state index is 13.1. The number of carbonyl (C=O) groups excluding carboxylic acids is 2. The van der Waals surface area contributed by atoms with Crippen LogP contribution in [-0.4, -0.2) is 60.9 Å². The fourth-order valence-corrected chi connectivity index (χ4v) is 7.45. The molecule has 0 aromatic rings. The molecule has 0 amide bonds. The molecule has 1 aliphatic carbocycles. The summed E-state index contributed by atoms with van der Waals surface area (Å²) in [6.07, 6.45) is 33.6. The van der Waals surface area contributed by atoms with Gasteiger partial charge in [-0.3, -0.25) is 14.5 Å². The van der Waals surface area contributed by atoms with Crippen molar-refractivity contribution >= 4 is 11.9 Å². The van der Waals surface area contributed by atoms with Crippen LogP contribution in [0.5, 0.6) is 0 Å². The van der Waals surface area contributed by atoms with Crippen LogP contribution in [0.15, 0.2) is 0 Å². The summed E-state index contributed by atoms with van der Waals surface area (Å²) in [5.74, 6) is 0.262. The number of hydrogen-bond acceptors (Lipinski definition) is 6. The predicted octanol–water partition coefficient (Wildman–Crippen LogP) is 11.4. The van der Waals surface area contributed by atoms with E-state index in [1.165, 1.54) is 128 Å². The van der Waals surface area contributed by atoms with Crippen LogP contribution in [0.1, 0.15) is 207 Å². The van der Waals surface area contributed by atoms with Gasteiger partial charge in [-0.2, -0.15) is 0 Å². The lowest BCUT2D eigenvalue weighted by molar-refractivity contribution is -0.150. The number of unbranched alkanes of at least 4 members (excludes halogenated alkanes) is 16. The summed E-state index contributed by atoms with van der Waals surface area (Å²) in [4.78, 5) is 28.2. The topological polar surface area (TPSA) is 76.1 Å². The minimum atomic E-state index is -0.112. The van der Waals surface area contributed by atoms with Gasteiger partial charge in [-0.25, -0.2) is 0 Å². The van der Waals surface area contributed by atoms with Crippen LogP contribution in [-0.2, 0) is 19.1 Å². The number of rotatable bonds is 35. The third-order valence-corrected chi connectivity index (χ3v) is 10.6. The van der Waals surface area contributed by atoms with Gasteiger partial charge in [-0.05, 0) is 57.4 Å². The molecule has 1 rings (SSSR count). The van der Waals surface area contributed by atoms with Gasteiger partial charge in [0, 0.05) is 31.3 Å². The van der Waals surface area contributed by atoms with Crippen molar-refractivity contribution in [1.82, 2.24) is 4.90 Å². The number of nitrogens with zero attached hydrogens (tertiary/aromatic N) is 1. The average Bonchev–Trinajstić information content (AvgIpc) is 3.63. The van der Waals surface area contributed by atoms with Gasteiger partial charge in [0.2, 0.25) is 0 Å². The summed E-state index contributed by atoms with van der Waals surface area (Å²) < 4.78 is 11.7. The van der Waals surface area contributed by atoms with Gasteiger partial charge in [0.15, 0.2) is 0 Å². The molecule has 48 heavy (non-hydrogen) atoms. The second kappa shape index (κ2) is 33.0. The number of carbonyl (C=O) groups is 2. The van der Waals surface area contributed by atoms with Crippen molar-refractivity contribution in [3.05, 3.63) is 0 Å². The number of aliphatic hydroxyl groups excluding tert-OH is 1. The first-order valence-electron chi connectivity index (χ1n) is 21.2. The Labute approximate surface area is 298 Å². The van der Waals surface area contributed by atoms with E-state index in [4.69, 9.17) is 9.47 Å². The molecular formula is C42H81NO5. The van der Waals surface area contributed by atoms with Crippen molar-refractivity contribution in [3.63, 3.8) is 0 Å². The van der Waals surface area contributed by atoms with E-state index in [1.807, 2.05) is 0 Å². The van der Waals surface area contributed by atoms with Gasteiger partial charge in [0.1, 0.15) is 0 Å². The third kappa shape index (κ3) is 25.8. The first-order chi connectivity index (χ1) is 23.5. The molecule has 0 heterocycles. The van der Waals surface area contributed by atoms with Crippen LogP contribution in [0.3, 0.4) is 0 Å². The Morgan fingerprint density at radius 1 is 0.583 bits per heavy atom. The van der Waals surface area contributed by atoms with E-state index in [0.29, 0.717) is 38.0 Å². The van der Waals surface area contributed by atoms with Gasteiger partial charge in [-0.15, -0.1) is 0 Å². The van der Waals surface area contributed by atoms with Gasteiger partial charge in [0.25, 0.3) is 0 Å². The highest BCUT2D eigenvalue weighted by atomic mass is 16.5. The summed E-state index contributed by atoms with van der Waals surface area (Å²) in [6, 6.07) is 0.609. The van der Waals surface area contributed by atoms with Gasteiger partial charge in [0.05, 0.1) is 19.8 Å². The van der Waals surface area contributed by atoms with Crippen LogP contribution in [0.2, 0.25) is 0 Å². The summed E-state index contributed by atoms with van der Waals surface area (Å²) in [5.41, 5.74) is 0. The lowest BCUT2D eigenvalue weighted by Gasteiger charge is -2.28. The monoisotopic (exact) mass is 680 g/mol. The first kappa shape index (κ1) is 44.9. The van der Waals surface area contributed by atoms with Gasteiger partial charge >= 0.3 is 11.9 Å². The first-order valence-corrected chi connectivity index (χ1v) is 21.2. The molecule has 284 valence electrons. The molecule has 6 heteroatoms. The van der Waals surface area contributed by atoms with Crippen LogP contribution >= 0.6 is 0 Å². The summed E-state index contributed by atoms with van der Waals surface area (Å²) >= 11 is 0. The van der Waals surface area contributed by atoms with Crippen molar-refractivity contribution < 1.29 is 24.2 Å². The Kier molecular flexibility index (Phi) is 30.9. The normalized spacial score (nSPS) is 14.9. The molecule has 2 atom stereocenters. The molecule has 1 saturated carbocycles. The number of hydrogen-bond donors (Lipinski definition) is 1. The van der Waals surface area contributed by atoms with Crippen molar-refractivity contribution in [3.8, 4) is 0 Å². The largest absolute Gasteiger partial charge is 0.465 e. The average molecular weight is 680 g/mol. The molecule has 0 radical (unpaired) electrons. The maximum atomic E-state index is 13.1. The summed E-state index contributed by atoms with van der Waals surface area (Å²) in [6.45, 7) is 9.38. The van der Waals surface area contributed by atoms with E-state index < -0.39 is 0 Å². The van der Waals surface area contributed by atoms with Gasteiger partial charge in [-0.1, -0.05) is 149 Å². The van der Waals surface area contributed by atoms with E-state index in [-0.39, 0.29) is 24.5 Å². The number of esters is 2. The van der Waals surface area contributed by atoms with Crippen LogP contribution in [0.4, 0.5) is 0 Å². The van der Waals surface area contributed by atoms with Crippen molar-refractivity contribution in [2.45, 2.75) is 213 Å². The quantitative estimate of drug-likeness (QED) is 0.0531. The molecular weight excluding hydrogens is 598 g/mol. The fraction of sp³-hybridized carbons (Fsp3) is 0.952. The number of aliphatic hydroxyl groups is 1. The van der Waals surface area contributed by atoms with E-state index in [9.17, 15) is 14.7 Å². The highest BCUT2D eigenvalue weighted by Crippen LogP contribution is 2.25. The number of ether oxygens (including phenoxy) is 2. The fourth-order valence-electron chi connectivity index (χ4n) is 7.45. The minimum absolute atomic E-state index is 0.0378. The maximum Gasteiger partial charge on any atom is 0.306 e. The smallest absolute Gasteiger partial charge is 0.306 e. The highest BCUT2D eigenvalue weighted by Gasteiger charge is 2.22. The zero-order chi connectivity index (χ0) is 34.9. The molecule has 0 spiro atoms.